The minimum atomic E-state index is -1.07. The van der Waals surface area contributed by atoms with Gasteiger partial charge in [-0.3, -0.25) is 9.69 Å². The molecular weight excluding hydrogens is 322 g/mol. The first-order valence-corrected chi connectivity index (χ1v) is 8.75. The van der Waals surface area contributed by atoms with Crippen LogP contribution >= 0.6 is 0 Å². The molecule has 0 bridgehead atoms. The van der Waals surface area contributed by atoms with Crippen molar-refractivity contribution in [2.24, 2.45) is 5.41 Å². The minimum Gasteiger partial charge on any atom is -0.496 e. The van der Waals surface area contributed by atoms with Gasteiger partial charge in [0, 0.05) is 32.3 Å². The molecule has 2 N–H and O–H groups in total. The number of carbonyl (C=O) groups is 1. The zero-order valence-corrected chi connectivity index (χ0v) is 15.3. The molecule has 1 fully saturated rings. The standard InChI is InChI=1S/C19H29NO5/c1-4-8-19(18(22)23)13-20(9-7-17(19)21)11-14-5-6-16(25-3)15(10-14)12-24-2/h5-6,10,17,21H,4,7-9,11-13H2,1-3H3,(H,22,23)/t17-,19+/m0/s1. The molecule has 0 unspecified atom stereocenters. The van der Waals surface area contributed by atoms with E-state index in [0.29, 0.717) is 39.1 Å². The highest BCUT2D eigenvalue weighted by Crippen LogP contribution is 2.36. The van der Waals surface area contributed by atoms with Crippen LogP contribution in [0.25, 0.3) is 0 Å². The number of aliphatic carboxylic acids is 1. The average Bonchev–Trinajstić information content (AvgIpc) is 2.58. The topological polar surface area (TPSA) is 79.2 Å². The average molecular weight is 351 g/mol. The van der Waals surface area contributed by atoms with Gasteiger partial charge in [0.2, 0.25) is 0 Å². The van der Waals surface area contributed by atoms with Crippen molar-refractivity contribution in [2.45, 2.75) is 45.4 Å². The zero-order chi connectivity index (χ0) is 18.4. The maximum Gasteiger partial charge on any atom is 0.313 e. The Morgan fingerprint density at radius 3 is 2.76 bits per heavy atom. The van der Waals surface area contributed by atoms with Crippen LogP contribution in [-0.4, -0.2) is 54.5 Å². The van der Waals surface area contributed by atoms with E-state index >= 15 is 0 Å². The minimum absolute atomic E-state index is 0.364. The SMILES string of the molecule is CCC[C@@]1(C(=O)O)CN(Cc2ccc(OC)c(COC)c2)CC[C@@H]1O. The zero-order valence-electron chi connectivity index (χ0n) is 15.3. The van der Waals surface area contributed by atoms with E-state index in [2.05, 4.69) is 4.90 Å². The number of carboxylic acid groups (broad SMARTS) is 1. The molecule has 2 atom stereocenters. The predicted molar refractivity (Wildman–Crippen MR) is 94.6 cm³/mol. The van der Waals surface area contributed by atoms with Gasteiger partial charge in [-0.25, -0.2) is 0 Å². The van der Waals surface area contributed by atoms with Gasteiger partial charge in [0.1, 0.15) is 11.2 Å². The van der Waals surface area contributed by atoms with E-state index in [1.165, 1.54) is 0 Å². The Labute approximate surface area is 149 Å². The smallest absolute Gasteiger partial charge is 0.313 e. The summed E-state index contributed by atoms with van der Waals surface area (Å²) >= 11 is 0. The van der Waals surface area contributed by atoms with Crippen molar-refractivity contribution in [2.75, 3.05) is 27.3 Å². The first-order valence-electron chi connectivity index (χ1n) is 8.75. The van der Waals surface area contributed by atoms with Crippen molar-refractivity contribution in [3.05, 3.63) is 29.3 Å². The van der Waals surface area contributed by atoms with Crippen LogP contribution in [0.4, 0.5) is 0 Å². The molecule has 1 saturated heterocycles. The van der Waals surface area contributed by atoms with Gasteiger partial charge < -0.3 is 19.7 Å². The third-order valence-electron chi connectivity index (χ3n) is 5.04. The number of carboxylic acids is 1. The van der Waals surface area contributed by atoms with Crippen molar-refractivity contribution < 1.29 is 24.5 Å². The first kappa shape index (κ1) is 19.7. The molecule has 0 saturated carbocycles. The number of piperidine rings is 1. The van der Waals surface area contributed by atoms with Gasteiger partial charge in [0.15, 0.2) is 0 Å². The van der Waals surface area contributed by atoms with E-state index in [1.54, 1.807) is 14.2 Å². The molecule has 0 radical (unpaired) electrons. The molecule has 2 rings (SSSR count). The van der Waals surface area contributed by atoms with E-state index in [-0.39, 0.29) is 0 Å². The third kappa shape index (κ3) is 4.32. The fourth-order valence-corrected chi connectivity index (χ4v) is 3.77. The van der Waals surface area contributed by atoms with E-state index in [0.717, 1.165) is 23.3 Å². The van der Waals surface area contributed by atoms with Crippen molar-refractivity contribution in [3.63, 3.8) is 0 Å². The van der Waals surface area contributed by atoms with E-state index in [9.17, 15) is 15.0 Å². The second kappa shape index (κ2) is 8.65. The highest BCUT2D eigenvalue weighted by Gasteiger charge is 2.48. The van der Waals surface area contributed by atoms with Crippen LogP contribution in [0.1, 0.15) is 37.3 Å². The number of methoxy groups -OCH3 is 2. The van der Waals surface area contributed by atoms with Crippen LogP contribution in [-0.2, 0) is 22.7 Å². The maximum absolute atomic E-state index is 11.9. The molecule has 0 spiro atoms. The first-order chi connectivity index (χ1) is 12.0. The largest absolute Gasteiger partial charge is 0.496 e. The third-order valence-corrected chi connectivity index (χ3v) is 5.04. The molecule has 6 nitrogen and oxygen atoms in total. The Morgan fingerprint density at radius 1 is 1.40 bits per heavy atom. The summed E-state index contributed by atoms with van der Waals surface area (Å²) in [5, 5.41) is 20.1. The fourth-order valence-electron chi connectivity index (χ4n) is 3.77. The summed E-state index contributed by atoms with van der Waals surface area (Å²) in [7, 11) is 3.27. The fraction of sp³-hybridized carbons (Fsp3) is 0.632. The predicted octanol–water partition coefficient (Wildman–Crippen LogP) is 2.28. The highest BCUT2D eigenvalue weighted by molar-refractivity contribution is 5.76. The number of aliphatic hydroxyl groups excluding tert-OH is 1. The number of aliphatic hydroxyl groups is 1. The molecule has 6 heteroatoms. The van der Waals surface area contributed by atoms with Crippen LogP contribution in [0.5, 0.6) is 5.75 Å². The lowest BCUT2D eigenvalue weighted by Gasteiger charge is -2.43. The van der Waals surface area contributed by atoms with E-state index in [4.69, 9.17) is 9.47 Å². The summed E-state index contributed by atoms with van der Waals surface area (Å²) in [6.07, 6.45) is 0.906. The second-order valence-electron chi connectivity index (χ2n) is 6.81. The lowest BCUT2D eigenvalue weighted by Crippen LogP contribution is -2.55. The summed E-state index contributed by atoms with van der Waals surface area (Å²) in [6.45, 7) is 4.11. The van der Waals surface area contributed by atoms with E-state index < -0.39 is 17.5 Å². The van der Waals surface area contributed by atoms with Crippen molar-refractivity contribution in [1.82, 2.24) is 4.90 Å². The molecule has 1 aromatic rings. The molecular formula is C19H29NO5. The Morgan fingerprint density at radius 2 is 2.16 bits per heavy atom. The van der Waals surface area contributed by atoms with Gasteiger partial charge in [-0.1, -0.05) is 19.4 Å². The summed E-state index contributed by atoms with van der Waals surface area (Å²) < 4.78 is 10.6. The summed E-state index contributed by atoms with van der Waals surface area (Å²) in [4.78, 5) is 14.0. The van der Waals surface area contributed by atoms with Gasteiger partial charge in [0.25, 0.3) is 0 Å². The Balaban J connectivity index is 2.17. The molecule has 1 aliphatic heterocycles. The normalized spacial score (nSPS) is 24.2. The molecule has 0 amide bonds. The Bertz CT molecular complexity index is 591. The van der Waals surface area contributed by atoms with Crippen molar-refractivity contribution >= 4 is 5.97 Å². The van der Waals surface area contributed by atoms with Crippen molar-refractivity contribution in [1.29, 1.82) is 0 Å². The van der Waals surface area contributed by atoms with Crippen LogP contribution < -0.4 is 4.74 Å². The molecule has 0 aromatic heterocycles. The lowest BCUT2D eigenvalue weighted by atomic mass is 9.74. The van der Waals surface area contributed by atoms with Crippen LogP contribution in [0.3, 0.4) is 0 Å². The number of rotatable bonds is 8. The molecule has 1 aliphatic rings. The van der Waals surface area contributed by atoms with Crippen LogP contribution in [0, 0.1) is 5.41 Å². The number of ether oxygens (including phenoxy) is 2. The highest BCUT2D eigenvalue weighted by atomic mass is 16.5. The Hall–Kier alpha value is -1.63. The second-order valence-corrected chi connectivity index (χ2v) is 6.81. The Kier molecular flexibility index (Phi) is 6.81. The molecule has 25 heavy (non-hydrogen) atoms. The van der Waals surface area contributed by atoms with Gasteiger partial charge in [-0.15, -0.1) is 0 Å². The number of benzene rings is 1. The summed E-state index contributed by atoms with van der Waals surface area (Å²) in [5.74, 6) is -0.119. The number of hydrogen-bond acceptors (Lipinski definition) is 5. The van der Waals surface area contributed by atoms with Gasteiger partial charge in [-0.2, -0.15) is 0 Å². The summed E-state index contributed by atoms with van der Waals surface area (Å²) in [5.41, 5.74) is 0.979. The van der Waals surface area contributed by atoms with Gasteiger partial charge in [0.05, 0.1) is 19.8 Å². The quantitative estimate of drug-likeness (QED) is 0.748. The van der Waals surface area contributed by atoms with E-state index in [1.807, 2.05) is 25.1 Å². The monoisotopic (exact) mass is 351 g/mol. The summed E-state index contributed by atoms with van der Waals surface area (Å²) in [6, 6.07) is 5.94. The van der Waals surface area contributed by atoms with Gasteiger partial charge in [-0.05, 0) is 30.5 Å². The molecule has 1 aromatic carbocycles. The van der Waals surface area contributed by atoms with Crippen molar-refractivity contribution in [3.8, 4) is 5.75 Å². The molecule has 140 valence electrons. The number of likely N-dealkylation sites (tertiary alicyclic amines) is 1. The number of nitrogens with zero attached hydrogens (tertiary/aromatic N) is 1. The lowest BCUT2D eigenvalue weighted by molar-refractivity contribution is -0.164. The molecule has 0 aliphatic carbocycles. The van der Waals surface area contributed by atoms with Gasteiger partial charge >= 0.3 is 5.97 Å². The maximum atomic E-state index is 11.9. The molecule has 1 heterocycles. The number of hydrogen-bond donors (Lipinski definition) is 2. The van der Waals surface area contributed by atoms with Crippen LogP contribution in [0.2, 0.25) is 0 Å². The van der Waals surface area contributed by atoms with Crippen LogP contribution in [0.15, 0.2) is 18.2 Å².